The molecule has 3 N–H and O–H groups in total. The van der Waals surface area contributed by atoms with Crippen LogP contribution in [0.3, 0.4) is 0 Å². The van der Waals surface area contributed by atoms with E-state index in [4.69, 9.17) is 13.9 Å². The fourth-order valence-corrected chi connectivity index (χ4v) is 6.14. The van der Waals surface area contributed by atoms with Crippen LogP contribution < -0.4 is 5.32 Å². The van der Waals surface area contributed by atoms with Gasteiger partial charge in [-0.3, -0.25) is 14.6 Å². The lowest BCUT2D eigenvalue weighted by molar-refractivity contribution is -0.128. The number of furan rings is 1. The van der Waals surface area contributed by atoms with E-state index in [2.05, 4.69) is 21.2 Å². The van der Waals surface area contributed by atoms with Gasteiger partial charge in [-0.1, -0.05) is 18.2 Å². The Bertz CT molecular complexity index is 1360. The highest BCUT2D eigenvalue weighted by atomic mass is 16.5. The Labute approximate surface area is 251 Å². The van der Waals surface area contributed by atoms with Gasteiger partial charge < -0.3 is 34.2 Å². The molecule has 0 radical (unpaired) electrons. The SMILES string of the molecule is CC(C)(C=C(C#N)C(=O)N1CCC[C@@H]1COC(=O)N[C@@H](Cc1coc2ccccc12)B(O)O)N1CCN(C2COC2)CC1. The van der Waals surface area contributed by atoms with E-state index in [1.165, 1.54) is 6.26 Å². The lowest BCUT2D eigenvalue weighted by atomic mass is 9.76. The third kappa shape index (κ3) is 7.22. The van der Waals surface area contributed by atoms with E-state index in [9.17, 15) is 24.9 Å². The second-order valence-corrected chi connectivity index (χ2v) is 12.1. The van der Waals surface area contributed by atoms with Crippen LogP contribution >= 0.6 is 0 Å². The van der Waals surface area contributed by atoms with Crippen molar-refractivity contribution in [2.45, 2.75) is 56.7 Å². The summed E-state index contributed by atoms with van der Waals surface area (Å²) in [4.78, 5) is 32.5. The van der Waals surface area contributed by atoms with Gasteiger partial charge in [0.2, 0.25) is 0 Å². The fourth-order valence-electron chi connectivity index (χ4n) is 6.14. The molecular formula is C30H40BN5O7. The molecule has 43 heavy (non-hydrogen) atoms. The average Bonchev–Trinajstić information content (AvgIpc) is 3.61. The van der Waals surface area contributed by atoms with Crippen LogP contribution in [0.25, 0.3) is 11.0 Å². The zero-order valence-corrected chi connectivity index (χ0v) is 24.8. The molecule has 0 aliphatic carbocycles. The minimum absolute atomic E-state index is 0.0740. The molecule has 0 unspecified atom stereocenters. The van der Waals surface area contributed by atoms with Gasteiger partial charge in [0.05, 0.1) is 37.5 Å². The van der Waals surface area contributed by atoms with Crippen molar-refractivity contribution in [2.75, 3.05) is 52.5 Å². The van der Waals surface area contributed by atoms with E-state index in [1.54, 1.807) is 17.0 Å². The summed E-state index contributed by atoms with van der Waals surface area (Å²) in [6, 6.07) is 9.57. The summed E-state index contributed by atoms with van der Waals surface area (Å²) in [5.41, 5.74) is 0.963. The van der Waals surface area contributed by atoms with Gasteiger partial charge in [-0.2, -0.15) is 5.26 Å². The topological polar surface area (TPSA) is 152 Å². The van der Waals surface area contributed by atoms with Gasteiger partial charge in [0.25, 0.3) is 5.91 Å². The molecule has 2 atom stereocenters. The van der Waals surface area contributed by atoms with E-state index in [0.29, 0.717) is 24.6 Å². The summed E-state index contributed by atoms with van der Waals surface area (Å²) >= 11 is 0. The molecule has 0 saturated carbocycles. The van der Waals surface area contributed by atoms with Crippen LogP contribution in [0.5, 0.6) is 0 Å². The average molecular weight is 593 g/mol. The highest BCUT2D eigenvalue weighted by Crippen LogP contribution is 2.26. The Morgan fingerprint density at radius 1 is 1.21 bits per heavy atom. The van der Waals surface area contributed by atoms with Crippen molar-refractivity contribution in [3.63, 3.8) is 0 Å². The lowest BCUT2D eigenvalue weighted by Crippen LogP contribution is -2.59. The standard InChI is InChI=1S/C30H40BN5O7/c1-30(2,35-12-10-34(11-13-35)24-18-41-19-24)15-22(16-32)28(37)36-9-5-6-23(36)20-43-29(38)33-27(31(39)40)14-21-17-42-26-8-4-3-7-25(21)26/h3-4,7-8,15,17,23-24,27,39-40H,5-6,9-14,18-20H2,1-2H3,(H,33,38)/t23-,27+/m1/s1. The molecule has 4 heterocycles. The van der Waals surface area contributed by atoms with Crippen molar-refractivity contribution >= 4 is 30.1 Å². The second kappa shape index (κ2) is 13.5. The van der Waals surface area contributed by atoms with Crippen molar-refractivity contribution in [1.29, 1.82) is 5.26 Å². The zero-order chi connectivity index (χ0) is 30.6. The summed E-state index contributed by atoms with van der Waals surface area (Å²) < 4.78 is 16.3. The maximum absolute atomic E-state index is 13.5. The van der Waals surface area contributed by atoms with Crippen LogP contribution in [-0.2, 0) is 20.7 Å². The number of fused-ring (bicyclic) bond motifs is 1. The highest BCUT2D eigenvalue weighted by molar-refractivity contribution is 6.43. The molecule has 3 aliphatic heterocycles. The number of rotatable bonds is 10. The van der Waals surface area contributed by atoms with E-state index in [1.807, 2.05) is 32.0 Å². The number of amides is 2. The Hall–Kier alpha value is -3.41. The number of hydrogen-bond donors (Lipinski definition) is 3. The van der Waals surface area contributed by atoms with Crippen molar-refractivity contribution in [1.82, 2.24) is 20.0 Å². The number of piperazine rings is 1. The summed E-state index contributed by atoms with van der Waals surface area (Å²) in [5.74, 6) is -1.41. The maximum atomic E-state index is 13.5. The Balaban J connectivity index is 1.15. The third-order valence-electron chi connectivity index (χ3n) is 8.82. The molecule has 0 bridgehead atoms. The van der Waals surface area contributed by atoms with E-state index >= 15 is 0 Å². The van der Waals surface area contributed by atoms with Crippen molar-refractivity contribution in [2.24, 2.45) is 0 Å². The third-order valence-corrected chi connectivity index (χ3v) is 8.82. The van der Waals surface area contributed by atoms with Crippen LogP contribution in [0.1, 0.15) is 32.3 Å². The predicted octanol–water partition coefficient (Wildman–Crippen LogP) is 1.32. The summed E-state index contributed by atoms with van der Waals surface area (Å²) in [5, 5.41) is 33.1. The molecule has 230 valence electrons. The second-order valence-electron chi connectivity index (χ2n) is 12.1. The van der Waals surface area contributed by atoms with Gasteiger partial charge >= 0.3 is 13.2 Å². The van der Waals surface area contributed by atoms with Crippen molar-refractivity contribution < 1.29 is 33.5 Å². The molecule has 2 aromatic rings. The number of carbonyl (C=O) groups is 2. The van der Waals surface area contributed by atoms with Crippen LogP contribution in [0, 0.1) is 11.3 Å². The number of alkyl carbamates (subject to hydrolysis) is 1. The molecule has 3 saturated heterocycles. The lowest BCUT2D eigenvalue weighted by Gasteiger charge is -2.46. The van der Waals surface area contributed by atoms with Gasteiger partial charge in [-0.15, -0.1) is 0 Å². The molecule has 0 spiro atoms. The molecule has 2 amide bonds. The van der Waals surface area contributed by atoms with Crippen LogP contribution in [0.2, 0.25) is 0 Å². The Morgan fingerprint density at radius 2 is 1.95 bits per heavy atom. The largest absolute Gasteiger partial charge is 0.475 e. The summed E-state index contributed by atoms with van der Waals surface area (Å²) in [6.45, 7) is 9.50. The molecule has 1 aromatic carbocycles. The van der Waals surface area contributed by atoms with Crippen LogP contribution in [-0.4, -0.2) is 120 Å². The first-order valence-electron chi connectivity index (χ1n) is 14.9. The molecule has 13 heteroatoms. The first-order valence-corrected chi connectivity index (χ1v) is 14.9. The maximum Gasteiger partial charge on any atom is 0.475 e. The summed E-state index contributed by atoms with van der Waals surface area (Å²) in [6.07, 6.45) is 3.93. The predicted molar refractivity (Wildman–Crippen MR) is 159 cm³/mol. The number of nitriles is 1. The number of likely N-dealkylation sites (tertiary alicyclic amines) is 1. The number of benzene rings is 1. The number of para-hydroxylation sites is 1. The Kier molecular flexibility index (Phi) is 9.73. The number of hydrogen-bond acceptors (Lipinski definition) is 10. The molecule has 5 rings (SSSR count). The first kappa shape index (κ1) is 31.0. The number of nitrogens with one attached hydrogen (secondary N) is 1. The quantitative estimate of drug-likeness (QED) is 0.209. The van der Waals surface area contributed by atoms with Gasteiger partial charge in [-0.25, -0.2) is 4.79 Å². The van der Waals surface area contributed by atoms with Crippen molar-refractivity contribution in [3.8, 4) is 6.07 Å². The van der Waals surface area contributed by atoms with Gasteiger partial charge in [-0.05, 0) is 50.8 Å². The van der Waals surface area contributed by atoms with Crippen LogP contribution in [0.15, 0.2) is 46.6 Å². The highest BCUT2D eigenvalue weighted by Gasteiger charge is 2.36. The molecule has 1 aromatic heterocycles. The first-order chi connectivity index (χ1) is 20.7. The molecule has 3 fully saturated rings. The monoisotopic (exact) mass is 593 g/mol. The van der Waals surface area contributed by atoms with E-state index in [-0.39, 0.29) is 30.5 Å². The number of ether oxygens (including phenoxy) is 2. The minimum Gasteiger partial charge on any atom is -0.464 e. The molecule has 12 nitrogen and oxygen atoms in total. The molecule has 3 aliphatic rings. The fraction of sp³-hybridized carbons (Fsp3) is 0.567. The van der Waals surface area contributed by atoms with Gasteiger partial charge in [0.15, 0.2) is 0 Å². The van der Waals surface area contributed by atoms with Crippen LogP contribution in [0.4, 0.5) is 4.79 Å². The normalized spacial score (nSPS) is 21.3. The Morgan fingerprint density at radius 3 is 2.63 bits per heavy atom. The van der Waals surface area contributed by atoms with Gasteiger partial charge in [0.1, 0.15) is 23.8 Å². The zero-order valence-electron chi connectivity index (χ0n) is 24.8. The minimum atomic E-state index is -1.83. The number of nitrogens with zero attached hydrogens (tertiary/aromatic N) is 4. The van der Waals surface area contributed by atoms with Crippen molar-refractivity contribution in [3.05, 3.63) is 47.7 Å². The molecular weight excluding hydrogens is 553 g/mol. The summed E-state index contributed by atoms with van der Waals surface area (Å²) in [7, 11) is -1.83. The van der Waals surface area contributed by atoms with Gasteiger partial charge in [0, 0.05) is 43.6 Å². The number of carbonyl (C=O) groups excluding carboxylic acids is 2. The van der Waals surface area contributed by atoms with E-state index in [0.717, 1.165) is 56.8 Å². The van der Waals surface area contributed by atoms with E-state index < -0.39 is 24.7 Å². The smallest absolute Gasteiger partial charge is 0.464 e.